The Morgan fingerprint density at radius 3 is 2.88 bits per heavy atom. The first-order valence-corrected chi connectivity index (χ1v) is 5.65. The monoisotopic (exact) mass is 230 g/mol. The second kappa shape index (κ2) is 3.84. The minimum absolute atomic E-state index is 0.137. The first kappa shape index (κ1) is 10.3. The number of benzene rings is 1. The molecule has 1 aromatic carbocycles. The Labute approximate surface area is 97.7 Å². The van der Waals surface area contributed by atoms with Crippen LogP contribution < -0.4 is 0 Å². The number of allylic oxidation sites excluding steroid dienone is 2. The quantitative estimate of drug-likeness (QED) is 0.747. The number of rotatable bonds is 1. The average Bonchev–Trinajstić information content (AvgIpc) is 2.72. The molecule has 1 aromatic heterocycles. The zero-order valence-electron chi connectivity index (χ0n) is 9.20. The van der Waals surface area contributed by atoms with Gasteiger partial charge in [-0.3, -0.25) is 4.79 Å². The molecule has 0 N–H and O–H groups in total. The summed E-state index contributed by atoms with van der Waals surface area (Å²) < 4.78 is 18.7. The minimum atomic E-state index is -0.279. The van der Waals surface area contributed by atoms with Crippen LogP contribution in [0.1, 0.15) is 25.0 Å². The fraction of sp³-hybridized carbons (Fsp3) is 0.214. The molecule has 0 spiro atoms. The normalized spacial score (nSPS) is 16.3. The van der Waals surface area contributed by atoms with E-state index in [1.807, 2.05) is 0 Å². The lowest BCUT2D eigenvalue weighted by molar-refractivity contribution is -0.114. The first-order chi connectivity index (χ1) is 8.22. The molecular formula is C14H11FO2. The van der Waals surface area contributed by atoms with Crippen molar-refractivity contribution in [1.29, 1.82) is 0 Å². The van der Waals surface area contributed by atoms with Crippen molar-refractivity contribution in [3.63, 3.8) is 0 Å². The summed E-state index contributed by atoms with van der Waals surface area (Å²) in [6.45, 7) is 0. The van der Waals surface area contributed by atoms with Gasteiger partial charge >= 0.3 is 0 Å². The average molecular weight is 230 g/mol. The van der Waals surface area contributed by atoms with Crippen molar-refractivity contribution in [2.45, 2.75) is 19.3 Å². The lowest BCUT2D eigenvalue weighted by Crippen LogP contribution is -2.01. The Hall–Kier alpha value is -1.90. The van der Waals surface area contributed by atoms with Gasteiger partial charge < -0.3 is 4.42 Å². The molecule has 0 aliphatic heterocycles. The van der Waals surface area contributed by atoms with Gasteiger partial charge in [-0.2, -0.15) is 0 Å². The molecule has 0 radical (unpaired) electrons. The van der Waals surface area contributed by atoms with Crippen molar-refractivity contribution in [3.05, 3.63) is 41.9 Å². The van der Waals surface area contributed by atoms with Crippen LogP contribution in [0.5, 0.6) is 0 Å². The van der Waals surface area contributed by atoms with Crippen LogP contribution in [0.2, 0.25) is 0 Å². The number of hydrogen-bond acceptors (Lipinski definition) is 2. The number of furan rings is 1. The zero-order chi connectivity index (χ0) is 11.8. The maximum atomic E-state index is 13.0. The Morgan fingerprint density at radius 2 is 2.06 bits per heavy atom. The van der Waals surface area contributed by atoms with Gasteiger partial charge in [0.15, 0.2) is 5.78 Å². The molecule has 86 valence electrons. The van der Waals surface area contributed by atoms with Crippen molar-refractivity contribution in [3.8, 4) is 0 Å². The van der Waals surface area contributed by atoms with Crippen LogP contribution in [0.15, 0.2) is 34.8 Å². The summed E-state index contributed by atoms with van der Waals surface area (Å²) in [5.41, 5.74) is 1.57. The number of carbonyl (C=O) groups is 1. The third-order valence-electron chi connectivity index (χ3n) is 3.00. The lowest BCUT2D eigenvalue weighted by Gasteiger charge is -2.08. The third-order valence-corrected chi connectivity index (χ3v) is 3.00. The van der Waals surface area contributed by atoms with E-state index < -0.39 is 0 Å². The van der Waals surface area contributed by atoms with E-state index in [4.69, 9.17) is 4.42 Å². The molecule has 0 amide bonds. The summed E-state index contributed by atoms with van der Waals surface area (Å²) in [4.78, 5) is 11.3. The van der Waals surface area contributed by atoms with Gasteiger partial charge in [0, 0.05) is 11.8 Å². The summed E-state index contributed by atoms with van der Waals surface area (Å²) in [5.74, 6) is 0.537. The summed E-state index contributed by atoms with van der Waals surface area (Å²) >= 11 is 0. The Kier molecular flexibility index (Phi) is 2.32. The summed E-state index contributed by atoms with van der Waals surface area (Å²) in [7, 11) is 0. The molecule has 1 heterocycles. The Balaban J connectivity index is 2.09. The molecule has 0 saturated carbocycles. The number of ketones is 1. The highest BCUT2D eigenvalue weighted by Gasteiger charge is 2.15. The molecule has 0 saturated heterocycles. The SMILES string of the molecule is O=C1C=C(c2cc3cc(F)ccc3o2)CCC1. The maximum Gasteiger partial charge on any atom is 0.156 e. The smallest absolute Gasteiger partial charge is 0.156 e. The van der Waals surface area contributed by atoms with E-state index >= 15 is 0 Å². The lowest BCUT2D eigenvalue weighted by atomic mass is 9.97. The van der Waals surface area contributed by atoms with Gasteiger partial charge in [-0.1, -0.05) is 0 Å². The van der Waals surface area contributed by atoms with Crippen LogP contribution in [0.3, 0.4) is 0 Å². The Bertz CT molecular complexity index is 622. The molecule has 3 rings (SSSR count). The molecule has 17 heavy (non-hydrogen) atoms. The zero-order valence-corrected chi connectivity index (χ0v) is 9.20. The van der Waals surface area contributed by atoms with Crippen molar-refractivity contribution < 1.29 is 13.6 Å². The van der Waals surface area contributed by atoms with Crippen LogP contribution in [-0.4, -0.2) is 5.78 Å². The van der Waals surface area contributed by atoms with E-state index in [-0.39, 0.29) is 11.6 Å². The molecule has 3 heteroatoms. The number of hydrogen-bond donors (Lipinski definition) is 0. The molecule has 0 atom stereocenters. The molecule has 0 unspecified atom stereocenters. The van der Waals surface area contributed by atoms with Crippen molar-refractivity contribution in [1.82, 2.24) is 0 Å². The van der Waals surface area contributed by atoms with Gasteiger partial charge in [0.05, 0.1) is 0 Å². The number of carbonyl (C=O) groups excluding carboxylic acids is 1. The fourth-order valence-electron chi connectivity index (χ4n) is 2.16. The van der Waals surface area contributed by atoms with E-state index in [0.29, 0.717) is 17.8 Å². The Morgan fingerprint density at radius 1 is 1.18 bits per heavy atom. The molecule has 1 aliphatic rings. The molecular weight excluding hydrogens is 219 g/mol. The van der Waals surface area contributed by atoms with Crippen molar-refractivity contribution >= 4 is 22.3 Å². The fourth-order valence-corrected chi connectivity index (χ4v) is 2.16. The highest BCUT2D eigenvalue weighted by atomic mass is 19.1. The van der Waals surface area contributed by atoms with E-state index in [1.54, 1.807) is 18.2 Å². The molecule has 0 fully saturated rings. The topological polar surface area (TPSA) is 30.2 Å². The van der Waals surface area contributed by atoms with Gasteiger partial charge in [-0.15, -0.1) is 0 Å². The van der Waals surface area contributed by atoms with Gasteiger partial charge in [0.2, 0.25) is 0 Å². The van der Waals surface area contributed by atoms with Gasteiger partial charge in [0.25, 0.3) is 0 Å². The number of halogens is 1. The van der Waals surface area contributed by atoms with Crippen LogP contribution >= 0.6 is 0 Å². The van der Waals surface area contributed by atoms with Gasteiger partial charge in [0.1, 0.15) is 17.2 Å². The largest absolute Gasteiger partial charge is 0.456 e. The van der Waals surface area contributed by atoms with Crippen LogP contribution in [0.25, 0.3) is 16.5 Å². The number of fused-ring (bicyclic) bond motifs is 1. The third kappa shape index (κ3) is 1.88. The minimum Gasteiger partial charge on any atom is -0.456 e. The second-order valence-electron chi connectivity index (χ2n) is 4.28. The maximum absolute atomic E-state index is 13.0. The molecule has 1 aliphatic carbocycles. The highest BCUT2D eigenvalue weighted by molar-refractivity contribution is 5.98. The van der Waals surface area contributed by atoms with Gasteiger partial charge in [-0.25, -0.2) is 4.39 Å². The molecule has 2 aromatic rings. The summed E-state index contributed by atoms with van der Waals surface area (Å²) in [6, 6.07) is 6.21. The standard InChI is InChI=1S/C14H11FO2/c15-11-4-5-13-10(6-11)8-14(17-13)9-2-1-3-12(16)7-9/h4-8H,1-3H2. The van der Waals surface area contributed by atoms with Crippen LogP contribution in [-0.2, 0) is 4.79 Å². The first-order valence-electron chi connectivity index (χ1n) is 5.65. The van der Waals surface area contributed by atoms with Gasteiger partial charge in [-0.05, 0) is 48.8 Å². The van der Waals surface area contributed by atoms with Crippen LogP contribution in [0.4, 0.5) is 4.39 Å². The predicted molar refractivity (Wildman–Crippen MR) is 63.0 cm³/mol. The molecule has 2 nitrogen and oxygen atoms in total. The van der Waals surface area contributed by atoms with E-state index in [0.717, 1.165) is 23.8 Å². The van der Waals surface area contributed by atoms with Crippen molar-refractivity contribution in [2.24, 2.45) is 0 Å². The van der Waals surface area contributed by atoms with Crippen molar-refractivity contribution in [2.75, 3.05) is 0 Å². The van der Waals surface area contributed by atoms with E-state index in [2.05, 4.69) is 0 Å². The summed E-state index contributed by atoms with van der Waals surface area (Å²) in [6.07, 6.45) is 3.94. The second-order valence-corrected chi connectivity index (χ2v) is 4.28. The predicted octanol–water partition coefficient (Wildman–Crippen LogP) is 3.71. The van der Waals surface area contributed by atoms with Crippen LogP contribution in [0, 0.1) is 5.82 Å². The van der Waals surface area contributed by atoms with E-state index in [9.17, 15) is 9.18 Å². The highest BCUT2D eigenvalue weighted by Crippen LogP contribution is 2.30. The van der Waals surface area contributed by atoms with E-state index in [1.165, 1.54) is 12.1 Å². The molecule has 0 bridgehead atoms. The summed E-state index contributed by atoms with van der Waals surface area (Å²) in [5, 5.41) is 0.735.